The second kappa shape index (κ2) is 7.84. The number of anilines is 3. The molecule has 0 unspecified atom stereocenters. The number of carbonyl (C=O) groups is 1. The number of aromatic nitrogens is 3. The van der Waals surface area contributed by atoms with Crippen molar-refractivity contribution in [3.63, 3.8) is 0 Å². The Bertz CT molecular complexity index is 1100. The molecule has 0 aliphatic carbocycles. The van der Waals surface area contributed by atoms with E-state index in [0.717, 1.165) is 23.0 Å². The topological polar surface area (TPSA) is 79.8 Å². The molecular weight excluding hydrogens is 350 g/mol. The van der Waals surface area contributed by atoms with Crippen LogP contribution in [-0.2, 0) is 6.42 Å². The number of carbonyl (C=O) groups excluding carboxylic acids is 1. The van der Waals surface area contributed by atoms with E-state index in [1.165, 1.54) is 11.8 Å². The zero-order valence-corrected chi connectivity index (χ0v) is 15.4. The van der Waals surface area contributed by atoms with Gasteiger partial charge in [-0.1, -0.05) is 37.3 Å². The Morgan fingerprint density at radius 2 is 1.75 bits per heavy atom. The highest BCUT2D eigenvalue weighted by molar-refractivity contribution is 6.07. The summed E-state index contributed by atoms with van der Waals surface area (Å²) in [4.78, 5) is 25.4. The third-order valence-electron chi connectivity index (χ3n) is 4.40. The summed E-state index contributed by atoms with van der Waals surface area (Å²) in [7, 11) is 0. The first-order valence-corrected chi connectivity index (χ1v) is 9.06. The number of benzene rings is 2. The van der Waals surface area contributed by atoms with E-state index in [1.54, 1.807) is 12.4 Å². The zero-order chi connectivity index (χ0) is 19.3. The summed E-state index contributed by atoms with van der Waals surface area (Å²) < 4.78 is 0. The number of nitrogens with one attached hydrogen (secondary N) is 2. The number of hydrogen-bond donors (Lipinski definition) is 2. The van der Waals surface area contributed by atoms with Crippen molar-refractivity contribution >= 4 is 34.0 Å². The van der Waals surface area contributed by atoms with E-state index in [2.05, 4.69) is 44.6 Å². The fourth-order valence-electron chi connectivity index (χ4n) is 2.87. The van der Waals surface area contributed by atoms with Gasteiger partial charge in [-0.25, -0.2) is 9.97 Å². The van der Waals surface area contributed by atoms with E-state index in [9.17, 15) is 4.79 Å². The SMILES string of the molecule is CCc1ccc(Nc2cnc(C(=O)Nc3cccc4cccnc34)cn2)cc1. The maximum Gasteiger partial charge on any atom is 0.275 e. The van der Waals surface area contributed by atoms with E-state index in [4.69, 9.17) is 0 Å². The highest BCUT2D eigenvalue weighted by atomic mass is 16.1. The largest absolute Gasteiger partial charge is 0.339 e. The van der Waals surface area contributed by atoms with Crippen molar-refractivity contribution in [1.82, 2.24) is 15.0 Å². The average molecular weight is 369 g/mol. The molecule has 2 heterocycles. The number of pyridine rings is 1. The molecule has 0 saturated carbocycles. The van der Waals surface area contributed by atoms with Gasteiger partial charge in [0.25, 0.3) is 5.91 Å². The normalized spacial score (nSPS) is 10.6. The molecule has 28 heavy (non-hydrogen) atoms. The van der Waals surface area contributed by atoms with Gasteiger partial charge in [-0.05, 0) is 36.2 Å². The van der Waals surface area contributed by atoms with Gasteiger partial charge in [0.05, 0.1) is 23.6 Å². The number of rotatable bonds is 5. The van der Waals surface area contributed by atoms with Gasteiger partial charge in [-0.3, -0.25) is 9.78 Å². The van der Waals surface area contributed by atoms with Crippen LogP contribution in [0.5, 0.6) is 0 Å². The summed E-state index contributed by atoms with van der Waals surface area (Å²) in [6.07, 6.45) is 5.70. The molecule has 138 valence electrons. The molecule has 4 rings (SSSR count). The maximum atomic E-state index is 12.5. The summed E-state index contributed by atoms with van der Waals surface area (Å²) >= 11 is 0. The lowest BCUT2D eigenvalue weighted by atomic mass is 10.1. The second-order valence-electron chi connectivity index (χ2n) is 6.30. The summed E-state index contributed by atoms with van der Waals surface area (Å²) in [5.41, 5.74) is 3.81. The van der Waals surface area contributed by atoms with E-state index >= 15 is 0 Å². The lowest BCUT2D eigenvalue weighted by molar-refractivity contribution is 0.102. The van der Waals surface area contributed by atoms with Gasteiger partial charge in [-0.2, -0.15) is 0 Å². The molecule has 2 N–H and O–H groups in total. The Kier molecular flexibility index (Phi) is 4.93. The minimum Gasteiger partial charge on any atom is -0.339 e. The highest BCUT2D eigenvalue weighted by Crippen LogP contribution is 2.21. The average Bonchev–Trinajstić information content (AvgIpc) is 2.75. The van der Waals surface area contributed by atoms with Crippen molar-refractivity contribution in [2.75, 3.05) is 10.6 Å². The van der Waals surface area contributed by atoms with E-state index < -0.39 is 0 Å². The van der Waals surface area contributed by atoms with Crippen LogP contribution in [-0.4, -0.2) is 20.9 Å². The Morgan fingerprint density at radius 3 is 2.50 bits per heavy atom. The first-order valence-electron chi connectivity index (χ1n) is 9.06. The van der Waals surface area contributed by atoms with Gasteiger partial charge >= 0.3 is 0 Å². The third kappa shape index (κ3) is 3.81. The van der Waals surface area contributed by atoms with E-state index in [0.29, 0.717) is 11.5 Å². The molecule has 0 bridgehead atoms. The monoisotopic (exact) mass is 369 g/mol. The van der Waals surface area contributed by atoms with Crippen molar-refractivity contribution in [3.05, 3.63) is 84.4 Å². The molecule has 0 atom stereocenters. The molecule has 0 saturated heterocycles. The Labute approximate surface area is 162 Å². The van der Waals surface area contributed by atoms with Crippen LogP contribution in [0.2, 0.25) is 0 Å². The van der Waals surface area contributed by atoms with Gasteiger partial charge in [0.15, 0.2) is 0 Å². The zero-order valence-electron chi connectivity index (χ0n) is 15.4. The molecule has 2 aromatic heterocycles. The molecule has 0 fully saturated rings. The van der Waals surface area contributed by atoms with Crippen molar-refractivity contribution in [2.24, 2.45) is 0 Å². The Balaban J connectivity index is 1.47. The van der Waals surface area contributed by atoms with Crippen LogP contribution in [0.1, 0.15) is 23.0 Å². The van der Waals surface area contributed by atoms with Crippen molar-refractivity contribution in [3.8, 4) is 0 Å². The van der Waals surface area contributed by atoms with Gasteiger partial charge in [0.2, 0.25) is 0 Å². The quantitative estimate of drug-likeness (QED) is 0.538. The molecule has 4 aromatic rings. The van der Waals surface area contributed by atoms with Gasteiger partial charge in [0.1, 0.15) is 11.5 Å². The molecule has 0 aliphatic rings. The second-order valence-corrected chi connectivity index (χ2v) is 6.30. The lowest BCUT2D eigenvalue weighted by Gasteiger charge is -2.09. The van der Waals surface area contributed by atoms with Crippen molar-refractivity contribution in [1.29, 1.82) is 0 Å². The molecule has 0 spiro atoms. The van der Waals surface area contributed by atoms with Crippen LogP contribution in [0.15, 0.2) is 73.2 Å². The molecule has 0 radical (unpaired) electrons. The third-order valence-corrected chi connectivity index (χ3v) is 4.40. The Morgan fingerprint density at radius 1 is 0.929 bits per heavy atom. The Hall–Kier alpha value is -3.80. The van der Waals surface area contributed by atoms with Crippen molar-refractivity contribution in [2.45, 2.75) is 13.3 Å². The number of para-hydroxylation sites is 1. The molecular formula is C22H19N5O. The summed E-state index contributed by atoms with van der Waals surface area (Å²) in [6, 6.07) is 17.6. The number of fused-ring (bicyclic) bond motifs is 1. The smallest absolute Gasteiger partial charge is 0.275 e. The van der Waals surface area contributed by atoms with Crippen LogP contribution in [0.3, 0.4) is 0 Å². The standard InChI is InChI=1S/C22H19N5O/c1-2-15-8-10-17(11-9-15)26-20-14-24-19(13-25-20)22(28)27-18-7-3-5-16-6-4-12-23-21(16)18/h3-14H,2H2,1H3,(H,25,26)(H,27,28). The van der Waals surface area contributed by atoms with Crippen LogP contribution >= 0.6 is 0 Å². The molecule has 0 aliphatic heterocycles. The first kappa shape index (κ1) is 17.6. The maximum absolute atomic E-state index is 12.5. The summed E-state index contributed by atoms with van der Waals surface area (Å²) in [6.45, 7) is 2.12. The van der Waals surface area contributed by atoms with E-state index in [-0.39, 0.29) is 11.6 Å². The summed E-state index contributed by atoms with van der Waals surface area (Å²) in [5.74, 6) is 0.247. The minimum atomic E-state index is -0.329. The predicted molar refractivity (Wildman–Crippen MR) is 111 cm³/mol. The van der Waals surface area contributed by atoms with Crippen LogP contribution in [0.25, 0.3) is 10.9 Å². The number of nitrogens with zero attached hydrogens (tertiary/aromatic N) is 3. The van der Waals surface area contributed by atoms with E-state index in [1.807, 2.05) is 42.5 Å². The van der Waals surface area contributed by atoms with Gasteiger partial charge in [-0.15, -0.1) is 0 Å². The molecule has 6 nitrogen and oxygen atoms in total. The molecule has 6 heteroatoms. The summed E-state index contributed by atoms with van der Waals surface area (Å²) in [5, 5.41) is 7.00. The van der Waals surface area contributed by atoms with Crippen LogP contribution < -0.4 is 10.6 Å². The minimum absolute atomic E-state index is 0.236. The predicted octanol–water partition coefficient (Wildman–Crippen LogP) is 4.58. The van der Waals surface area contributed by atoms with Gasteiger partial charge < -0.3 is 10.6 Å². The van der Waals surface area contributed by atoms with Crippen LogP contribution in [0, 0.1) is 0 Å². The fraction of sp³-hybridized carbons (Fsp3) is 0.0909. The van der Waals surface area contributed by atoms with Crippen molar-refractivity contribution < 1.29 is 4.79 Å². The number of hydrogen-bond acceptors (Lipinski definition) is 5. The number of amides is 1. The van der Waals surface area contributed by atoms with Gasteiger partial charge in [0, 0.05) is 17.3 Å². The lowest BCUT2D eigenvalue weighted by Crippen LogP contribution is -2.14. The number of aryl methyl sites for hydroxylation is 1. The molecule has 2 aromatic carbocycles. The fourth-order valence-corrected chi connectivity index (χ4v) is 2.87. The molecule has 1 amide bonds. The first-order chi connectivity index (χ1) is 13.7. The van der Waals surface area contributed by atoms with Crippen LogP contribution in [0.4, 0.5) is 17.2 Å². The highest BCUT2D eigenvalue weighted by Gasteiger charge is 2.11.